The molecule has 0 spiro atoms. The van der Waals surface area contributed by atoms with Gasteiger partial charge in [-0.25, -0.2) is 18.2 Å². The molecule has 1 fully saturated rings. The van der Waals surface area contributed by atoms with Crippen LogP contribution in [0.2, 0.25) is 0 Å². The van der Waals surface area contributed by atoms with Gasteiger partial charge in [0, 0.05) is 43.5 Å². The number of alkyl halides is 2. The number of nitrogens with one attached hydrogen (secondary N) is 3. The number of ketones is 1. The molecule has 34 heavy (non-hydrogen) atoms. The molecule has 3 aromatic rings. The third-order valence-electron chi connectivity index (χ3n) is 5.51. The van der Waals surface area contributed by atoms with Crippen molar-refractivity contribution in [2.75, 3.05) is 5.32 Å². The average molecular weight is 470 g/mol. The van der Waals surface area contributed by atoms with Crippen LogP contribution in [-0.4, -0.2) is 38.1 Å². The zero-order valence-electron chi connectivity index (χ0n) is 17.7. The van der Waals surface area contributed by atoms with Crippen molar-refractivity contribution >= 4 is 23.3 Å². The molecule has 4 rings (SSSR count). The molecule has 2 aromatic heterocycles. The Morgan fingerprint density at radius 3 is 2.59 bits per heavy atom. The van der Waals surface area contributed by atoms with Crippen molar-refractivity contribution in [2.45, 2.75) is 24.3 Å². The van der Waals surface area contributed by atoms with E-state index in [1.165, 1.54) is 42.5 Å². The number of anilines is 1. The minimum Gasteiger partial charge on any atom is -0.351 e. The van der Waals surface area contributed by atoms with Gasteiger partial charge < -0.3 is 20.2 Å². The molecule has 0 aliphatic heterocycles. The van der Waals surface area contributed by atoms with E-state index in [2.05, 4.69) is 20.6 Å². The molecule has 1 aliphatic carbocycles. The highest BCUT2D eigenvalue weighted by Crippen LogP contribution is 2.51. The Bertz CT molecular complexity index is 1330. The summed E-state index contributed by atoms with van der Waals surface area (Å²) in [6.45, 7) is 0. The number of halogens is 3. The van der Waals surface area contributed by atoms with E-state index >= 15 is 0 Å². The fraction of sp³-hybridized carbons (Fsp3) is 0.227. The number of carbonyl (C=O) groups excluding carboxylic acids is 3. The number of nitrogens with zero attached hydrogens (tertiary/aromatic N) is 3. The van der Waals surface area contributed by atoms with Crippen LogP contribution in [0.1, 0.15) is 44.9 Å². The number of aryl methyl sites for hydroxylation is 1. The summed E-state index contributed by atoms with van der Waals surface area (Å²) in [5.41, 5.74) is -1.54. The topological polar surface area (TPSA) is 133 Å². The van der Waals surface area contributed by atoms with Crippen LogP contribution in [0, 0.1) is 17.1 Å². The van der Waals surface area contributed by atoms with Crippen molar-refractivity contribution in [1.29, 1.82) is 5.26 Å². The Morgan fingerprint density at radius 1 is 1.24 bits per heavy atom. The second-order valence-electron chi connectivity index (χ2n) is 8.01. The standard InChI is InChI=1S/C22H17F3N6O3/c1-31-8-13(5-16(31)19(33)29-14-2-3-15(23)12(4-14)6-26)18(32)20(34)30-21(9-22(24,25)10-21)17-7-27-11-28-17/h2-5,7-8,11H,9-10H2,1H3,(H,27,28)(H,29,33)(H,30,34). The van der Waals surface area contributed by atoms with E-state index in [-0.39, 0.29) is 28.2 Å². The number of Topliss-reactive ketones (excluding diaryl/α,β-unsaturated/α-hetero) is 1. The van der Waals surface area contributed by atoms with E-state index in [0.29, 0.717) is 0 Å². The average Bonchev–Trinajstić information content (AvgIpc) is 3.43. The third-order valence-corrected chi connectivity index (χ3v) is 5.51. The summed E-state index contributed by atoms with van der Waals surface area (Å²) in [5, 5.41) is 13.8. The molecule has 0 saturated heterocycles. The predicted octanol–water partition coefficient (Wildman–Crippen LogP) is 2.63. The number of nitriles is 1. The molecule has 9 nitrogen and oxygen atoms in total. The van der Waals surface area contributed by atoms with E-state index in [1.807, 2.05) is 0 Å². The van der Waals surface area contributed by atoms with Crippen LogP contribution in [0.15, 0.2) is 43.0 Å². The lowest BCUT2D eigenvalue weighted by molar-refractivity contribution is -0.148. The zero-order chi connectivity index (χ0) is 24.7. The summed E-state index contributed by atoms with van der Waals surface area (Å²) in [6.07, 6.45) is 2.50. The van der Waals surface area contributed by atoms with Crippen molar-refractivity contribution in [3.05, 3.63) is 71.3 Å². The van der Waals surface area contributed by atoms with Gasteiger partial charge in [0.2, 0.25) is 0 Å². The SMILES string of the molecule is Cn1cc(C(=O)C(=O)NC2(c3c[nH]cn3)CC(F)(F)C2)cc1C(=O)Nc1ccc(F)c(C#N)c1. The molecule has 1 aromatic carbocycles. The molecule has 3 N–H and O–H groups in total. The number of hydrogen-bond acceptors (Lipinski definition) is 5. The number of H-pyrrole nitrogens is 1. The molecular formula is C22H17F3N6O3. The maximum Gasteiger partial charge on any atom is 0.293 e. The third kappa shape index (κ3) is 4.15. The van der Waals surface area contributed by atoms with E-state index in [9.17, 15) is 27.6 Å². The number of amides is 2. The van der Waals surface area contributed by atoms with Crippen LogP contribution in [0.4, 0.5) is 18.9 Å². The van der Waals surface area contributed by atoms with Crippen molar-refractivity contribution in [1.82, 2.24) is 19.9 Å². The number of benzene rings is 1. The molecule has 0 radical (unpaired) electrons. The highest BCUT2D eigenvalue weighted by Gasteiger charge is 2.59. The van der Waals surface area contributed by atoms with Crippen LogP contribution in [0.25, 0.3) is 0 Å². The van der Waals surface area contributed by atoms with Gasteiger partial charge in [-0.3, -0.25) is 14.4 Å². The van der Waals surface area contributed by atoms with Gasteiger partial charge in [0.05, 0.1) is 23.1 Å². The molecule has 174 valence electrons. The van der Waals surface area contributed by atoms with E-state index < -0.39 is 47.7 Å². The van der Waals surface area contributed by atoms with Gasteiger partial charge in [-0.05, 0) is 24.3 Å². The summed E-state index contributed by atoms with van der Waals surface area (Å²) < 4.78 is 42.0. The lowest BCUT2D eigenvalue weighted by Gasteiger charge is -2.46. The number of aromatic nitrogens is 3. The normalized spacial score (nSPS) is 15.6. The van der Waals surface area contributed by atoms with Gasteiger partial charge in [-0.1, -0.05) is 0 Å². The number of aromatic amines is 1. The van der Waals surface area contributed by atoms with Crippen LogP contribution in [0.5, 0.6) is 0 Å². The quantitative estimate of drug-likeness (QED) is 0.376. The first-order valence-electron chi connectivity index (χ1n) is 9.95. The Kier molecular flexibility index (Phi) is 5.48. The second kappa shape index (κ2) is 8.18. The Balaban J connectivity index is 1.50. The number of rotatable bonds is 6. The number of imidazole rings is 1. The zero-order valence-corrected chi connectivity index (χ0v) is 17.7. The van der Waals surface area contributed by atoms with E-state index in [4.69, 9.17) is 5.26 Å². The van der Waals surface area contributed by atoms with Crippen LogP contribution >= 0.6 is 0 Å². The summed E-state index contributed by atoms with van der Waals surface area (Å²) in [7, 11) is 1.46. The first-order valence-corrected chi connectivity index (χ1v) is 9.95. The lowest BCUT2D eigenvalue weighted by Crippen LogP contribution is -2.61. The fourth-order valence-corrected chi connectivity index (χ4v) is 3.89. The molecule has 0 bridgehead atoms. The van der Waals surface area contributed by atoms with Gasteiger partial charge in [0.15, 0.2) is 0 Å². The molecular weight excluding hydrogens is 453 g/mol. The monoisotopic (exact) mass is 470 g/mol. The molecule has 2 heterocycles. The van der Waals surface area contributed by atoms with Crippen LogP contribution in [-0.2, 0) is 17.4 Å². The summed E-state index contributed by atoms with van der Waals surface area (Å²) >= 11 is 0. The van der Waals surface area contributed by atoms with Gasteiger partial charge in [0.25, 0.3) is 23.5 Å². The molecule has 1 saturated carbocycles. The number of hydrogen-bond donors (Lipinski definition) is 3. The van der Waals surface area contributed by atoms with Crippen molar-refractivity contribution < 1.29 is 27.6 Å². The van der Waals surface area contributed by atoms with Crippen LogP contribution in [0.3, 0.4) is 0 Å². The van der Waals surface area contributed by atoms with Gasteiger partial charge in [-0.15, -0.1) is 0 Å². The first kappa shape index (κ1) is 22.8. The van der Waals surface area contributed by atoms with Gasteiger partial charge in [0.1, 0.15) is 17.6 Å². The molecule has 0 atom stereocenters. The molecule has 0 unspecified atom stereocenters. The Labute approximate surface area is 190 Å². The maximum absolute atomic E-state index is 13.6. The van der Waals surface area contributed by atoms with Crippen molar-refractivity contribution in [2.24, 2.45) is 7.05 Å². The summed E-state index contributed by atoms with van der Waals surface area (Å²) in [4.78, 5) is 44.5. The summed E-state index contributed by atoms with van der Waals surface area (Å²) in [6, 6.07) is 6.27. The Morgan fingerprint density at radius 2 is 1.97 bits per heavy atom. The largest absolute Gasteiger partial charge is 0.351 e. The van der Waals surface area contributed by atoms with Crippen molar-refractivity contribution in [3.8, 4) is 6.07 Å². The highest BCUT2D eigenvalue weighted by atomic mass is 19.3. The van der Waals surface area contributed by atoms with E-state index in [1.54, 1.807) is 6.07 Å². The number of carbonyl (C=O) groups is 3. The van der Waals surface area contributed by atoms with Crippen molar-refractivity contribution in [3.63, 3.8) is 0 Å². The molecule has 12 heteroatoms. The van der Waals surface area contributed by atoms with Crippen LogP contribution < -0.4 is 10.6 Å². The smallest absolute Gasteiger partial charge is 0.293 e. The highest BCUT2D eigenvalue weighted by molar-refractivity contribution is 6.43. The van der Waals surface area contributed by atoms with E-state index in [0.717, 1.165) is 12.1 Å². The Hall–Kier alpha value is -4.40. The fourth-order valence-electron chi connectivity index (χ4n) is 3.89. The minimum absolute atomic E-state index is 0.00354. The predicted molar refractivity (Wildman–Crippen MR) is 111 cm³/mol. The molecule has 2 amide bonds. The second-order valence-corrected chi connectivity index (χ2v) is 8.01. The first-order chi connectivity index (χ1) is 16.0. The lowest BCUT2D eigenvalue weighted by atomic mass is 9.71. The van der Waals surface area contributed by atoms with Gasteiger partial charge >= 0.3 is 0 Å². The minimum atomic E-state index is -3.00. The molecule has 1 aliphatic rings. The summed E-state index contributed by atoms with van der Waals surface area (Å²) in [5.74, 6) is -6.56. The maximum atomic E-state index is 13.6. The van der Waals surface area contributed by atoms with Gasteiger partial charge in [-0.2, -0.15) is 5.26 Å².